The van der Waals surface area contributed by atoms with Crippen molar-refractivity contribution in [2.45, 2.75) is 19.6 Å². The van der Waals surface area contributed by atoms with Gasteiger partial charge in [-0.25, -0.2) is 4.39 Å². The molecule has 0 spiro atoms. The van der Waals surface area contributed by atoms with Gasteiger partial charge in [0.2, 0.25) is 0 Å². The molecule has 1 aromatic carbocycles. The first-order valence-electron chi connectivity index (χ1n) is 3.87. The minimum Gasteiger partial charge on any atom is -1.00 e. The van der Waals surface area contributed by atoms with Gasteiger partial charge in [-0.3, -0.25) is 0 Å². The van der Waals surface area contributed by atoms with E-state index in [-0.39, 0.29) is 26.1 Å². The summed E-state index contributed by atoms with van der Waals surface area (Å²) in [7, 11) is -1.51. The summed E-state index contributed by atoms with van der Waals surface area (Å²) in [5.41, 5.74) is 0. The smallest absolute Gasteiger partial charge is 1.00 e. The van der Waals surface area contributed by atoms with Crippen molar-refractivity contribution in [1.82, 2.24) is 0 Å². The van der Waals surface area contributed by atoms with Crippen LogP contribution in [0.5, 0.6) is 0 Å². The molecule has 0 aromatic heterocycles. The molecule has 0 saturated carbocycles. The van der Waals surface area contributed by atoms with Gasteiger partial charge < -0.3 is 1.43 Å². The van der Waals surface area contributed by atoms with E-state index in [0.29, 0.717) is 4.47 Å². The zero-order valence-electron chi connectivity index (χ0n) is 9.49. The maximum absolute atomic E-state index is 13.5. The van der Waals surface area contributed by atoms with Gasteiger partial charge in [0.05, 0.1) is 12.5 Å². The SMILES string of the molecule is C[Si](C)(C)c1cccc(Br)c1F.[H-].[Li+]. The van der Waals surface area contributed by atoms with Crippen LogP contribution in [0.15, 0.2) is 22.7 Å². The molecule has 1 aromatic rings. The van der Waals surface area contributed by atoms with Crippen LogP contribution in [0.25, 0.3) is 0 Å². The molecular weight excluding hydrogens is 242 g/mol. The van der Waals surface area contributed by atoms with Crippen molar-refractivity contribution >= 4 is 29.2 Å². The summed E-state index contributed by atoms with van der Waals surface area (Å²) in [4.78, 5) is 0. The zero-order chi connectivity index (χ0) is 9.35. The van der Waals surface area contributed by atoms with Crippen LogP contribution in [0.4, 0.5) is 4.39 Å². The third-order valence-corrected chi connectivity index (χ3v) is 4.37. The second kappa shape index (κ2) is 4.79. The Morgan fingerprint density at radius 1 is 1.31 bits per heavy atom. The second-order valence-corrected chi connectivity index (χ2v) is 9.74. The monoisotopic (exact) mass is 254 g/mol. The zero-order valence-corrected chi connectivity index (χ0v) is 11.1. The summed E-state index contributed by atoms with van der Waals surface area (Å²) in [6.45, 7) is 6.41. The molecule has 13 heavy (non-hydrogen) atoms. The van der Waals surface area contributed by atoms with Gasteiger partial charge in [0.25, 0.3) is 0 Å². The first-order chi connectivity index (χ1) is 5.43. The van der Waals surface area contributed by atoms with Crippen LogP contribution in [-0.2, 0) is 0 Å². The van der Waals surface area contributed by atoms with Crippen LogP contribution < -0.4 is 24.0 Å². The largest absolute Gasteiger partial charge is 1.00 e. The Morgan fingerprint density at radius 3 is 2.23 bits per heavy atom. The Kier molecular flexibility index (Phi) is 4.95. The molecular formula is C9H13BrFLiSi. The van der Waals surface area contributed by atoms with E-state index < -0.39 is 8.07 Å². The fourth-order valence-electron chi connectivity index (χ4n) is 1.08. The number of rotatable bonds is 1. The van der Waals surface area contributed by atoms with Crippen LogP contribution in [0.3, 0.4) is 0 Å². The predicted octanol–water partition coefficient (Wildman–Crippen LogP) is 0.250. The molecule has 0 heterocycles. The van der Waals surface area contributed by atoms with Crippen LogP contribution in [0.2, 0.25) is 19.6 Å². The van der Waals surface area contributed by atoms with Crippen LogP contribution >= 0.6 is 15.9 Å². The molecule has 0 radical (unpaired) electrons. The Bertz CT molecular complexity index is 301. The summed E-state index contributed by atoms with van der Waals surface area (Å²) in [5, 5.41) is 0.886. The predicted molar refractivity (Wildman–Crippen MR) is 58.2 cm³/mol. The average molecular weight is 255 g/mol. The van der Waals surface area contributed by atoms with Gasteiger partial charge in [0.1, 0.15) is 5.82 Å². The standard InChI is InChI=1S/C9H12BrFSi.Li.H/c1-12(2,3)8-6-4-5-7(10)9(8)11;;/h4-6H,1-3H3;;/q;+1;-1. The Labute approximate surface area is 102 Å². The first kappa shape index (κ1) is 13.4. The van der Waals surface area contributed by atoms with Crippen molar-refractivity contribution in [3.63, 3.8) is 0 Å². The third-order valence-electron chi connectivity index (χ3n) is 1.76. The van der Waals surface area contributed by atoms with E-state index >= 15 is 0 Å². The minimum atomic E-state index is -1.51. The van der Waals surface area contributed by atoms with Crippen molar-refractivity contribution in [2.75, 3.05) is 0 Å². The Morgan fingerprint density at radius 2 is 1.85 bits per heavy atom. The quantitative estimate of drug-likeness (QED) is 0.631. The van der Waals surface area contributed by atoms with E-state index in [4.69, 9.17) is 0 Å². The molecule has 0 amide bonds. The van der Waals surface area contributed by atoms with Gasteiger partial charge in [-0.05, 0) is 27.2 Å². The van der Waals surface area contributed by atoms with Crippen molar-refractivity contribution in [3.8, 4) is 0 Å². The van der Waals surface area contributed by atoms with E-state index in [1.165, 1.54) is 0 Å². The van der Waals surface area contributed by atoms with E-state index in [1.807, 2.05) is 12.1 Å². The van der Waals surface area contributed by atoms with Gasteiger partial charge in [0.15, 0.2) is 0 Å². The normalized spacial score (nSPS) is 10.8. The molecule has 0 nitrogen and oxygen atoms in total. The molecule has 4 heteroatoms. The van der Waals surface area contributed by atoms with E-state index in [1.54, 1.807) is 6.07 Å². The molecule has 0 N–H and O–H groups in total. The molecule has 0 aliphatic carbocycles. The summed E-state index contributed by atoms with van der Waals surface area (Å²) in [6, 6.07) is 5.51. The fraction of sp³-hybridized carbons (Fsp3) is 0.333. The summed E-state index contributed by atoms with van der Waals surface area (Å²) in [6.07, 6.45) is 0. The van der Waals surface area contributed by atoms with Gasteiger partial charge in [-0.1, -0.05) is 31.8 Å². The number of hydrogen-bond acceptors (Lipinski definition) is 0. The molecule has 0 unspecified atom stereocenters. The van der Waals surface area contributed by atoms with Gasteiger partial charge >= 0.3 is 18.9 Å². The molecule has 1 rings (SSSR count). The molecule has 0 fully saturated rings. The van der Waals surface area contributed by atoms with E-state index in [2.05, 4.69) is 35.6 Å². The number of hydrogen-bond donors (Lipinski definition) is 0. The average Bonchev–Trinajstić information content (AvgIpc) is 1.92. The van der Waals surface area contributed by atoms with Crippen LogP contribution in [-0.4, -0.2) is 8.07 Å². The van der Waals surface area contributed by atoms with Gasteiger partial charge in [-0.15, -0.1) is 0 Å². The number of benzene rings is 1. The van der Waals surface area contributed by atoms with E-state index in [9.17, 15) is 4.39 Å². The molecule has 0 aliphatic heterocycles. The van der Waals surface area contributed by atoms with Crippen molar-refractivity contribution in [2.24, 2.45) is 0 Å². The summed E-state index contributed by atoms with van der Waals surface area (Å²) >= 11 is 3.19. The molecule has 0 bridgehead atoms. The van der Waals surface area contributed by atoms with Crippen molar-refractivity contribution < 1.29 is 24.7 Å². The maximum atomic E-state index is 13.5. The van der Waals surface area contributed by atoms with Gasteiger partial charge in [-0.2, -0.15) is 0 Å². The topological polar surface area (TPSA) is 0 Å². The maximum Gasteiger partial charge on any atom is 1.00 e. The van der Waals surface area contributed by atoms with Gasteiger partial charge in [0, 0.05) is 0 Å². The van der Waals surface area contributed by atoms with Crippen molar-refractivity contribution in [1.29, 1.82) is 0 Å². The molecule has 0 saturated heterocycles. The van der Waals surface area contributed by atoms with Crippen LogP contribution in [0.1, 0.15) is 1.43 Å². The Hall–Kier alpha value is 0.444. The van der Waals surface area contributed by atoms with Crippen molar-refractivity contribution in [3.05, 3.63) is 28.5 Å². The molecule has 0 atom stereocenters. The Balaban J connectivity index is 0. The first-order valence-corrected chi connectivity index (χ1v) is 8.16. The fourth-order valence-corrected chi connectivity index (χ4v) is 3.02. The summed E-state index contributed by atoms with van der Waals surface area (Å²) in [5.74, 6) is -0.0864. The summed E-state index contributed by atoms with van der Waals surface area (Å²) < 4.78 is 14.1. The molecule has 0 aliphatic rings. The number of halogens is 2. The molecule has 68 valence electrons. The minimum absolute atomic E-state index is 0. The van der Waals surface area contributed by atoms with Crippen LogP contribution in [0, 0.1) is 5.82 Å². The third kappa shape index (κ3) is 3.25. The second-order valence-electron chi connectivity index (χ2n) is 3.85. The van der Waals surface area contributed by atoms with E-state index in [0.717, 1.165) is 5.19 Å².